The lowest BCUT2D eigenvalue weighted by atomic mass is 10.1. The normalized spacial score (nSPS) is 12.7. The van der Waals surface area contributed by atoms with Crippen LogP contribution in [0.5, 0.6) is 0 Å². The molecular formula is C12H10BrCl2NS. The van der Waals surface area contributed by atoms with Gasteiger partial charge in [0.25, 0.3) is 0 Å². The summed E-state index contributed by atoms with van der Waals surface area (Å²) in [5.74, 6) is 0. The minimum atomic E-state index is 0.0671. The first kappa shape index (κ1) is 13.4. The van der Waals surface area contributed by atoms with Crippen LogP contribution in [0.15, 0.2) is 34.1 Å². The molecule has 1 aromatic carbocycles. The minimum absolute atomic E-state index is 0.0671. The Morgan fingerprint density at radius 1 is 1.35 bits per heavy atom. The maximum atomic E-state index is 6.24. The van der Waals surface area contributed by atoms with Crippen molar-refractivity contribution in [3.63, 3.8) is 0 Å². The maximum Gasteiger partial charge on any atom is 0.0684 e. The van der Waals surface area contributed by atoms with Gasteiger partial charge in [0.15, 0.2) is 0 Å². The lowest BCUT2D eigenvalue weighted by molar-refractivity contribution is 0.704. The van der Waals surface area contributed by atoms with E-state index in [0.717, 1.165) is 10.0 Å². The second-order valence-electron chi connectivity index (χ2n) is 3.53. The first-order valence-electron chi connectivity index (χ1n) is 4.98. The first-order chi connectivity index (χ1) is 8.13. The Bertz CT molecular complexity index is 527. The Morgan fingerprint density at radius 3 is 2.71 bits per heavy atom. The van der Waals surface area contributed by atoms with Crippen molar-refractivity contribution < 1.29 is 0 Å². The van der Waals surface area contributed by atoms with Crippen molar-refractivity contribution in [1.29, 1.82) is 0 Å². The van der Waals surface area contributed by atoms with Gasteiger partial charge in [-0.25, -0.2) is 0 Å². The van der Waals surface area contributed by atoms with E-state index in [1.807, 2.05) is 19.2 Å². The van der Waals surface area contributed by atoms with Gasteiger partial charge in [0.1, 0.15) is 0 Å². The van der Waals surface area contributed by atoms with Crippen molar-refractivity contribution >= 4 is 50.5 Å². The number of halogens is 3. The molecule has 0 bridgehead atoms. The molecule has 0 aliphatic heterocycles. The summed E-state index contributed by atoms with van der Waals surface area (Å²) >= 11 is 17.4. The van der Waals surface area contributed by atoms with Crippen LogP contribution in [-0.2, 0) is 0 Å². The van der Waals surface area contributed by atoms with E-state index in [9.17, 15) is 0 Å². The molecule has 0 saturated heterocycles. The van der Waals surface area contributed by atoms with Crippen molar-refractivity contribution in [2.75, 3.05) is 7.05 Å². The summed E-state index contributed by atoms with van der Waals surface area (Å²) in [6.07, 6.45) is 0. The van der Waals surface area contributed by atoms with Crippen LogP contribution in [0, 0.1) is 0 Å². The van der Waals surface area contributed by atoms with Gasteiger partial charge in [-0.1, -0.05) is 35.3 Å². The van der Waals surface area contributed by atoms with Gasteiger partial charge >= 0.3 is 0 Å². The van der Waals surface area contributed by atoms with Gasteiger partial charge in [-0.15, -0.1) is 11.3 Å². The van der Waals surface area contributed by atoms with E-state index in [-0.39, 0.29) is 6.04 Å². The molecular weight excluding hydrogens is 341 g/mol. The Hall–Kier alpha value is -0.0600. The summed E-state index contributed by atoms with van der Waals surface area (Å²) in [6, 6.07) is 7.85. The number of rotatable bonds is 3. The zero-order chi connectivity index (χ0) is 12.4. The largest absolute Gasteiger partial charge is 0.309 e. The average molecular weight is 351 g/mol. The predicted molar refractivity (Wildman–Crippen MR) is 79.4 cm³/mol. The van der Waals surface area contributed by atoms with E-state index in [2.05, 4.69) is 32.7 Å². The molecule has 0 amide bonds. The molecule has 1 atom stereocenters. The third kappa shape index (κ3) is 2.85. The monoisotopic (exact) mass is 349 g/mol. The highest BCUT2D eigenvalue weighted by molar-refractivity contribution is 9.10. The molecule has 0 aliphatic carbocycles. The number of benzene rings is 1. The van der Waals surface area contributed by atoms with E-state index in [1.165, 1.54) is 4.88 Å². The van der Waals surface area contributed by atoms with Gasteiger partial charge in [-0.2, -0.15) is 0 Å². The molecule has 17 heavy (non-hydrogen) atoms. The van der Waals surface area contributed by atoms with Crippen molar-refractivity contribution in [2.45, 2.75) is 6.04 Å². The van der Waals surface area contributed by atoms with E-state index in [1.54, 1.807) is 17.4 Å². The molecule has 0 aliphatic rings. The van der Waals surface area contributed by atoms with E-state index >= 15 is 0 Å². The number of thiophene rings is 1. The fourth-order valence-corrected chi connectivity index (χ4v) is 3.66. The number of nitrogens with one attached hydrogen (secondary N) is 1. The van der Waals surface area contributed by atoms with Crippen LogP contribution >= 0.6 is 50.5 Å². The van der Waals surface area contributed by atoms with Crippen LogP contribution in [0.1, 0.15) is 16.5 Å². The van der Waals surface area contributed by atoms with E-state index in [0.29, 0.717) is 10.0 Å². The molecule has 0 saturated carbocycles. The highest BCUT2D eigenvalue weighted by Gasteiger charge is 2.18. The predicted octanol–water partition coefficient (Wildman–Crippen LogP) is 5.13. The highest BCUT2D eigenvalue weighted by atomic mass is 79.9. The van der Waals surface area contributed by atoms with Crippen LogP contribution in [0.3, 0.4) is 0 Å². The molecule has 5 heteroatoms. The number of hydrogen-bond acceptors (Lipinski definition) is 2. The Balaban J connectivity index is 2.45. The van der Waals surface area contributed by atoms with Gasteiger partial charge in [0.05, 0.1) is 16.1 Å². The average Bonchev–Trinajstić information content (AvgIpc) is 2.72. The zero-order valence-electron chi connectivity index (χ0n) is 9.01. The summed E-state index contributed by atoms with van der Waals surface area (Å²) in [5, 5.41) is 6.51. The zero-order valence-corrected chi connectivity index (χ0v) is 12.9. The molecule has 1 aromatic heterocycles. The third-order valence-corrected chi connectivity index (χ3v) is 5.05. The third-order valence-electron chi connectivity index (χ3n) is 2.45. The second kappa shape index (κ2) is 5.72. The topological polar surface area (TPSA) is 12.0 Å². The van der Waals surface area contributed by atoms with Crippen LogP contribution < -0.4 is 5.32 Å². The van der Waals surface area contributed by atoms with Crippen LogP contribution in [0.25, 0.3) is 0 Å². The second-order valence-corrected chi connectivity index (χ2v) is 6.18. The molecule has 1 heterocycles. The molecule has 1 nitrogen and oxygen atoms in total. The smallest absolute Gasteiger partial charge is 0.0684 e. The van der Waals surface area contributed by atoms with E-state index < -0.39 is 0 Å². The lowest BCUT2D eigenvalue weighted by Crippen LogP contribution is -2.16. The molecule has 1 unspecified atom stereocenters. The van der Waals surface area contributed by atoms with Crippen LogP contribution in [-0.4, -0.2) is 7.05 Å². The fourth-order valence-electron chi connectivity index (χ4n) is 1.67. The van der Waals surface area contributed by atoms with Crippen molar-refractivity contribution in [3.05, 3.63) is 54.6 Å². The molecule has 0 radical (unpaired) electrons. The molecule has 0 spiro atoms. The minimum Gasteiger partial charge on any atom is -0.309 e. The fraction of sp³-hybridized carbons (Fsp3) is 0.167. The molecule has 90 valence electrons. The van der Waals surface area contributed by atoms with Crippen LogP contribution in [0.4, 0.5) is 0 Å². The quantitative estimate of drug-likeness (QED) is 0.809. The van der Waals surface area contributed by atoms with Gasteiger partial charge in [-0.3, -0.25) is 0 Å². The van der Waals surface area contributed by atoms with Gasteiger partial charge in [0.2, 0.25) is 0 Å². The van der Waals surface area contributed by atoms with Gasteiger partial charge in [-0.05, 0) is 40.7 Å². The summed E-state index contributed by atoms with van der Waals surface area (Å²) in [4.78, 5) is 1.20. The van der Waals surface area contributed by atoms with Crippen molar-refractivity contribution in [2.24, 2.45) is 0 Å². The molecule has 2 rings (SSSR count). The van der Waals surface area contributed by atoms with Crippen LogP contribution in [0.2, 0.25) is 10.0 Å². The summed E-state index contributed by atoms with van der Waals surface area (Å²) < 4.78 is 1.08. The van der Waals surface area contributed by atoms with Crippen molar-refractivity contribution in [1.82, 2.24) is 5.32 Å². The lowest BCUT2D eigenvalue weighted by Gasteiger charge is -2.17. The molecule has 0 fully saturated rings. The standard InChI is InChI=1S/C12H10BrCl2NS/c1-16-12(10-5-7(13)6-17-10)8-3-2-4-9(14)11(8)15/h2-6,12,16H,1H3. The Kier molecular flexibility index (Phi) is 4.50. The van der Waals surface area contributed by atoms with E-state index in [4.69, 9.17) is 23.2 Å². The first-order valence-corrected chi connectivity index (χ1v) is 7.41. The molecule has 1 N–H and O–H groups in total. The van der Waals surface area contributed by atoms with Gasteiger partial charge < -0.3 is 5.32 Å². The molecule has 2 aromatic rings. The number of hydrogen-bond donors (Lipinski definition) is 1. The summed E-state index contributed by atoms with van der Waals surface area (Å²) in [7, 11) is 1.91. The highest BCUT2D eigenvalue weighted by Crippen LogP contribution is 2.36. The summed E-state index contributed by atoms with van der Waals surface area (Å²) in [5.41, 5.74) is 0.996. The Labute approximate surface area is 123 Å². The maximum absolute atomic E-state index is 6.24. The van der Waals surface area contributed by atoms with Crippen molar-refractivity contribution in [3.8, 4) is 0 Å². The summed E-state index contributed by atoms with van der Waals surface area (Å²) in [6.45, 7) is 0. The SMILES string of the molecule is CNC(c1cc(Br)cs1)c1cccc(Cl)c1Cl. The van der Waals surface area contributed by atoms with Gasteiger partial charge in [0, 0.05) is 14.7 Å². The Morgan fingerprint density at radius 2 is 2.12 bits per heavy atom.